The zero-order valence-corrected chi connectivity index (χ0v) is 17.4. The molecule has 27 heavy (non-hydrogen) atoms. The van der Waals surface area contributed by atoms with Crippen LogP contribution >= 0.6 is 0 Å². The first kappa shape index (κ1) is 18.4. The van der Waals surface area contributed by atoms with Gasteiger partial charge in [-0.1, -0.05) is 18.6 Å². The van der Waals surface area contributed by atoms with Crippen LogP contribution in [0.5, 0.6) is 0 Å². The number of hydrogen-bond donors (Lipinski definition) is 0. The molecule has 5 rings (SSSR count). The van der Waals surface area contributed by atoms with Crippen molar-refractivity contribution in [2.45, 2.75) is 96.4 Å². The standard InChI is InChI=1S/C24H36O3/c1-4-23-15-20(25)21-17-8-6-5-7-16(17)9-10-18(21)19(23)11-12-24(23)26-14-13-22(2,3)27-24/h7,17-19,21H,4-6,8-15H2,1-3H3/t17-,18-,19-,21+,23-,24?/m0/s1. The largest absolute Gasteiger partial charge is 0.349 e. The van der Waals surface area contributed by atoms with Gasteiger partial charge in [0.2, 0.25) is 0 Å². The minimum Gasteiger partial charge on any atom is -0.349 e. The molecule has 6 atom stereocenters. The number of fused-ring (bicyclic) bond motifs is 6. The first-order valence-corrected chi connectivity index (χ1v) is 11.5. The summed E-state index contributed by atoms with van der Waals surface area (Å²) in [6.07, 6.45) is 13.4. The van der Waals surface area contributed by atoms with Gasteiger partial charge in [0.05, 0.1) is 12.2 Å². The molecule has 1 heterocycles. The Morgan fingerprint density at radius 1 is 1.19 bits per heavy atom. The van der Waals surface area contributed by atoms with Gasteiger partial charge in [0.15, 0.2) is 5.79 Å². The fourth-order valence-electron chi connectivity index (χ4n) is 7.87. The van der Waals surface area contributed by atoms with Gasteiger partial charge in [-0.15, -0.1) is 0 Å². The average Bonchev–Trinajstić information content (AvgIpc) is 2.94. The topological polar surface area (TPSA) is 35.5 Å². The fraction of sp³-hybridized carbons (Fsp3) is 0.875. The van der Waals surface area contributed by atoms with E-state index in [-0.39, 0.29) is 16.9 Å². The van der Waals surface area contributed by atoms with Gasteiger partial charge in [-0.25, -0.2) is 0 Å². The highest BCUT2D eigenvalue weighted by atomic mass is 16.7. The van der Waals surface area contributed by atoms with Gasteiger partial charge in [-0.05, 0) is 83.0 Å². The van der Waals surface area contributed by atoms with Crippen LogP contribution in [0.2, 0.25) is 0 Å². The van der Waals surface area contributed by atoms with E-state index in [1.807, 2.05) is 0 Å². The Kier molecular flexibility index (Phi) is 4.19. The summed E-state index contributed by atoms with van der Waals surface area (Å²) in [7, 11) is 0. The summed E-state index contributed by atoms with van der Waals surface area (Å²) in [4.78, 5) is 13.6. The van der Waals surface area contributed by atoms with Crippen LogP contribution in [0.15, 0.2) is 11.6 Å². The smallest absolute Gasteiger partial charge is 0.175 e. The number of hydrogen-bond acceptors (Lipinski definition) is 3. The number of ketones is 1. The van der Waals surface area contributed by atoms with E-state index in [0.29, 0.717) is 30.0 Å². The number of allylic oxidation sites excluding steroid dienone is 2. The third-order valence-corrected chi connectivity index (χ3v) is 9.01. The molecular weight excluding hydrogens is 336 g/mol. The Balaban J connectivity index is 1.53. The fourth-order valence-corrected chi connectivity index (χ4v) is 7.87. The molecule has 0 aromatic rings. The molecular formula is C24H36O3. The van der Waals surface area contributed by atoms with Crippen LogP contribution in [0, 0.1) is 29.1 Å². The summed E-state index contributed by atoms with van der Waals surface area (Å²) in [6, 6.07) is 0. The molecule has 1 aliphatic heterocycles. The van der Waals surface area contributed by atoms with Crippen LogP contribution in [-0.4, -0.2) is 23.8 Å². The lowest BCUT2D eigenvalue weighted by molar-refractivity contribution is -0.365. The molecule has 4 aliphatic carbocycles. The molecule has 3 heteroatoms. The Bertz CT molecular complexity index is 665. The van der Waals surface area contributed by atoms with Gasteiger partial charge in [-0.2, -0.15) is 0 Å². The molecule has 1 unspecified atom stereocenters. The highest BCUT2D eigenvalue weighted by molar-refractivity contribution is 5.84. The molecule has 0 N–H and O–H groups in total. The highest BCUT2D eigenvalue weighted by Crippen LogP contribution is 2.67. The Morgan fingerprint density at radius 3 is 2.81 bits per heavy atom. The predicted molar refractivity (Wildman–Crippen MR) is 105 cm³/mol. The minimum atomic E-state index is -0.530. The first-order valence-electron chi connectivity index (χ1n) is 11.5. The van der Waals surface area contributed by atoms with Crippen LogP contribution in [0.4, 0.5) is 0 Å². The molecule has 3 saturated carbocycles. The van der Waals surface area contributed by atoms with Crippen molar-refractivity contribution in [3.8, 4) is 0 Å². The monoisotopic (exact) mass is 372 g/mol. The van der Waals surface area contributed by atoms with E-state index < -0.39 is 5.79 Å². The summed E-state index contributed by atoms with van der Waals surface area (Å²) in [5, 5.41) is 0. The predicted octanol–water partition coefficient (Wildman–Crippen LogP) is 5.43. The Labute approximate surface area is 164 Å². The zero-order chi connectivity index (χ0) is 18.9. The number of carbonyl (C=O) groups excluding carboxylic acids is 1. The van der Waals surface area contributed by atoms with Gasteiger partial charge in [0.25, 0.3) is 0 Å². The van der Waals surface area contributed by atoms with E-state index in [9.17, 15) is 4.79 Å². The highest BCUT2D eigenvalue weighted by Gasteiger charge is 2.69. The maximum absolute atomic E-state index is 13.6. The molecule has 4 fully saturated rings. The SMILES string of the molecule is CC[C@]12CC(=O)[C@H]3[C@@H](CCC4=CCCC[C@@H]43)[C@@H]1CCC21OCCC(C)(C)O1. The second-order valence-electron chi connectivity index (χ2n) is 10.6. The second kappa shape index (κ2) is 6.16. The maximum atomic E-state index is 13.6. The molecule has 150 valence electrons. The van der Waals surface area contributed by atoms with Crippen LogP contribution in [0.1, 0.15) is 85.0 Å². The number of Topliss-reactive ketones (excluding diaryl/α,β-unsaturated/α-hetero) is 1. The van der Waals surface area contributed by atoms with E-state index in [2.05, 4.69) is 26.8 Å². The van der Waals surface area contributed by atoms with Crippen LogP contribution in [-0.2, 0) is 14.3 Å². The third kappa shape index (κ3) is 2.50. The van der Waals surface area contributed by atoms with Crippen molar-refractivity contribution in [1.82, 2.24) is 0 Å². The van der Waals surface area contributed by atoms with Crippen LogP contribution in [0.3, 0.4) is 0 Å². The molecule has 1 saturated heterocycles. The van der Waals surface area contributed by atoms with Crippen molar-refractivity contribution < 1.29 is 14.3 Å². The van der Waals surface area contributed by atoms with E-state index in [1.165, 1.54) is 38.5 Å². The first-order chi connectivity index (χ1) is 12.9. The van der Waals surface area contributed by atoms with E-state index in [1.54, 1.807) is 5.57 Å². The van der Waals surface area contributed by atoms with E-state index >= 15 is 0 Å². The molecule has 3 nitrogen and oxygen atoms in total. The summed E-state index contributed by atoms with van der Waals surface area (Å²) >= 11 is 0. The summed E-state index contributed by atoms with van der Waals surface area (Å²) in [6.45, 7) is 7.43. The second-order valence-corrected chi connectivity index (χ2v) is 10.6. The van der Waals surface area contributed by atoms with E-state index in [0.717, 1.165) is 25.9 Å². The van der Waals surface area contributed by atoms with Crippen molar-refractivity contribution in [1.29, 1.82) is 0 Å². The summed E-state index contributed by atoms with van der Waals surface area (Å²) < 4.78 is 13.2. The van der Waals surface area contributed by atoms with Gasteiger partial charge < -0.3 is 9.47 Å². The van der Waals surface area contributed by atoms with E-state index in [4.69, 9.17) is 9.47 Å². The summed E-state index contributed by atoms with van der Waals surface area (Å²) in [5.74, 6) is 1.94. The molecule has 1 spiro atoms. The van der Waals surface area contributed by atoms with Crippen molar-refractivity contribution in [3.63, 3.8) is 0 Å². The van der Waals surface area contributed by atoms with Crippen molar-refractivity contribution in [2.24, 2.45) is 29.1 Å². The van der Waals surface area contributed by atoms with Gasteiger partial charge in [0.1, 0.15) is 5.78 Å². The number of ether oxygens (including phenoxy) is 2. The van der Waals surface area contributed by atoms with Crippen molar-refractivity contribution >= 4 is 5.78 Å². The quantitative estimate of drug-likeness (QED) is 0.576. The summed E-state index contributed by atoms with van der Waals surface area (Å²) in [5.41, 5.74) is 1.35. The molecule has 0 aromatic heterocycles. The van der Waals surface area contributed by atoms with Crippen molar-refractivity contribution in [3.05, 3.63) is 11.6 Å². The Morgan fingerprint density at radius 2 is 2.04 bits per heavy atom. The minimum absolute atomic E-state index is 0.112. The number of carbonyl (C=O) groups is 1. The number of rotatable bonds is 1. The maximum Gasteiger partial charge on any atom is 0.175 e. The molecule has 0 amide bonds. The molecule has 5 aliphatic rings. The van der Waals surface area contributed by atoms with Gasteiger partial charge >= 0.3 is 0 Å². The lowest BCUT2D eigenvalue weighted by atomic mass is 9.50. The molecule has 0 radical (unpaired) electrons. The lowest BCUT2D eigenvalue weighted by Crippen LogP contribution is -2.62. The molecule has 0 aromatic carbocycles. The normalized spacial score (nSPS) is 48.6. The van der Waals surface area contributed by atoms with Gasteiger partial charge in [-0.3, -0.25) is 4.79 Å². The van der Waals surface area contributed by atoms with Crippen molar-refractivity contribution in [2.75, 3.05) is 6.61 Å². The average molecular weight is 373 g/mol. The zero-order valence-electron chi connectivity index (χ0n) is 17.4. The Hall–Kier alpha value is -0.670. The van der Waals surface area contributed by atoms with Crippen LogP contribution in [0.25, 0.3) is 0 Å². The van der Waals surface area contributed by atoms with Crippen LogP contribution < -0.4 is 0 Å². The third-order valence-electron chi connectivity index (χ3n) is 9.01. The van der Waals surface area contributed by atoms with Gasteiger partial charge in [0, 0.05) is 24.2 Å². The molecule has 0 bridgehead atoms. The lowest BCUT2D eigenvalue weighted by Gasteiger charge is -2.58.